The highest BCUT2D eigenvalue weighted by Gasteiger charge is 2.52. The van der Waals surface area contributed by atoms with Gasteiger partial charge in [-0.2, -0.15) is 5.90 Å². The topological polar surface area (TPSA) is 112 Å². The highest BCUT2D eigenvalue weighted by atomic mass is 31.2. The van der Waals surface area contributed by atoms with E-state index in [0.29, 0.717) is 23.0 Å². The van der Waals surface area contributed by atoms with Crippen LogP contribution in [0.3, 0.4) is 0 Å². The fraction of sp³-hybridized carbons (Fsp3) is 0.263. The Morgan fingerprint density at radius 3 is 1.79 bits per heavy atom. The van der Waals surface area contributed by atoms with Gasteiger partial charge in [-0.3, -0.25) is 4.52 Å². The Labute approximate surface area is 170 Å². The van der Waals surface area contributed by atoms with E-state index in [1.807, 2.05) is 30.4 Å². The lowest BCUT2D eigenvalue weighted by atomic mass is 10.1. The predicted molar refractivity (Wildman–Crippen MR) is 107 cm³/mol. The fourth-order valence-electron chi connectivity index (χ4n) is 2.50. The monoisotopic (exact) mass is 426 g/mol. The molecular weight excluding hydrogens is 401 g/mol. The number of hydrogen-bond acceptors (Lipinski definition) is 7. The Morgan fingerprint density at radius 2 is 1.31 bits per heavy atom. The number of ether oxygens (including phenoxy) is 4. The lowest BCUT2D eigenvalue weighted by molar-refractivity contribution is -0.646. The third-order valence-electron chi connectivity index (χ3n) is 3.93. The van der Waals surface area contributed by atoms with Gasteiger partial charge in [0.05, 0.1) is 45.1 Å². The van der Waals surface area contributed by atoms with E-state index < -0.39 is 8.17 Å². The summed E-state index contributed by atoms with van der Waals surface area (Å²) in [6, 6.07) is 8.75. The van der Waals surface area contributed by atoms with Crippen molar-refractivity contribution < 1.29 is 43.4 Å². The second-order valence-electron chi connectivity index (χ2n) is 5.55. The summed E-state index contributed by atoms with van der Waals surface area (Å²) in [5.74, 6) is 5.27. The van der Waals surface area contributed by atoms with Crippen LogP contribution >= 0.6 is 8.17 Å². The maximum atomic E-state index is 12.2. The maximum absolute atomic E-state index is 12.2. The standard InChI is InChI=1S/C19H25NO8P/c1-22-15-9-8-13(10-16(15)27-29(21,26-5)28-20)6-7-14-11-17(23-2)19(25-4)18(12-14)24-3/h6-12H,1-5,20H3/q+2/b7-6-. The van der Waals surface area contributed by atoms with Crippen LogP contribution < -0.4 is 29.4 Å². The molecule has 2 aromatic carbocycles. The van der Waals surface area contributed by atoms with Crippen LogP contribution in [0.5, 0.6) is 28.7 Å². The Kier molecular flexibility index (Phi) is 8.07. The van der Waals surface area contributed by atoms with Gasteiger partial charge in [-0.1, -0.05) is 18.2 Å². The number of methoxy groups -OCH3 is 4. The largest absolute Gasteiger partial charge is 0.709 e. The molecule has 1 radical (unpaired) electrons. The molecular formula is C19H25NO8P+2. The minimum Gasteiger partial charge on any atom is -0.493 e. The van der Waals surface area contributed by atoms with Gasteiger partial charge in [0.1, 0.15) is 0 Å². The highest BCUT2D eigenvalue weighted by Crippen LogP contribution is 2.57. The van der Waals surface area contributed by atoms with Crippen molar-refractivity contribution in [3.63, 3.8) is 0 Å². The summed E-state index contributed by atoms with van der Waals surface area (Å²) in [6.45, 7) is 0. The molecule has 2 rings (SSSR count). The van der Waals surface area contributed by atoms with E-state index in [-0.39, 0.29) is 5.75 Å². The van der Waals surface area contributed by atoms with Gasteiger partial charge in [0.25, 0.3) is 0 Å². The fourth-order valence-corrected chi connectivity index (χ4v) is 3.11. The summed E-state index contributed by atoms with van der Waals surface area (Å²) in [7, 11) is 3.49. The van der Waals surface area contributed by atoms with Crippen molar-refractivity contribution in [3.8, 4) is 28.7 Å². The molecule has 29 heavy (non-hydrogen) atoms. The molecule has 0 aliphatic carbocycles. The van der Waals surface area contributed by atoms with E-state index in [0.717, 1.165) is 11.1 Å². The van der Waals surface area contributed by atoms with Crippen molar-refractivity contribution >= 4 is 20.3 Å². The molecule has 0 heterocycles. The van der Waals surface area contributed by atoms with Crippen molar-refractivity contribution in [2.45, 2.75) is 0 Å². The van der Waals surface area contributed by atoms with Crippen LogP contribution in [-0.4, -0.2) is 35.5 Å². The highest BCUT2D eigenvalue weighted by molar-refractivity contribution is 7.55. The predicted octanol–water partition coefficient (Wildman–Crippen LogP) is 3.20. The number of hydrogen-bond donors (Lipinski definition) is 1. The van der Waals surface area contributed by atoms with Crippen LogP contribution in [-0.2, 0) is 14.0 Å². The van der Waals surface area contributed by atoms with Gasteiger partial charge >= 0.3 is 8.17 Å². The zero-order valence-corrected chi connectivity index (χ0v) is 17.9. The van der Waals surface area contributed by atoms with Crippen molar-refractivity contribution in [2.24, 2.45) is 0 Å². The third-order valence-corrected chi connectivity index (χ3v) is 5.12. The average Bonchev–Trinajstić information content (AvgIpc) is 2.76. The maximum Gasteiger partial charge on any atom is 0.709 e. The molecule has 0 aliphatic heterocycles. The molecule has 157 valence electrons. The summed E-state index contributed by atoms with van der Waals surface area (Å²) in [4.78, 5) is 12.2. The van der Waals surface area contributed by atoms with E-state index in [1.54, 1.807) is 33.5 Å². The zero-order valence-electron chi connectivity index (χ0n) is 17.0. The van der Waals surface area contributed by atoms with Gasteiger partial charge in [-0.25, -0.2) is 0 Å². The van der Waals surface area contributed by atoms with Gasteiger partial charge in [-0.05, 0) is 35.4 Å². The number of benzene rings is 2. The van der Waals surface area contributed by atoms with Crippen molar-refractivity contribution in [3.05, 3.63) is 41.5 Å². The van der Waals surface area contributed by atoms with E-state index in [1.165, 1.54) is 14.2 Å². The van der Waals surface area contributed by atoms with Crippen LogP contribution in [0.25, 0.3) is 12.2 Å². The van der Waals surface area contributed by atoms with E-state index in [4.69, 9.17) is 28.0 Å². The number of rotatable bonds is 10. The van der Waals surface area contributed by atoms with Crippen LogP contribution in [0.2, 0.25) is 0 Å². The summed E-state index contributed by atoms with van der Waals surface area (Å²) >= 11 is 0. The first kappa shape index (κ1) is 22.7. The molecule has 1 atom stereocenters. The molecule has 0 aromatic heterocycles. The normalized spacial score (nSPS) is 13.1. The van der Waals surface area contributed by atoms with Crippen molar-refractivity contribution in [1.82, 2.24) is 0 Å². The second kappa shape index (κ2) is 10.3. The molecule has 0 fully saturated rings. The van der Waals surface area contributed by atoms with E-state index >= 15 is 0 Å². The van der Waals surface area contributed by atoms with Gasteiger partial charge in [0.15, 0.2) is 17.2 Å². The van der Waals surface area contributed by atoms with Gasteiger partial charge < -0.3 is 18.9 Å². The van der Waals surface area contributed by atoms with E-state index in [9.17, 15) is 4.89 Å². The lowest BCUT2D eigenvalue weighted by Gasteiger charge is -2.13. The van der Waals surface area contributed by atoms with Crippen LogP contribution in [0.4, 0.5) is 0 Å². The number of quaternary nitrogens is 1. The van der Waals surface area contributed by atoms with Gasteiger partial charge in [0, 0.05) is 0 Å². The molecule has 0 saturated heterocycles. The minimum absolute atomic E-state index is 0.188. The molecule has 0 amide bonds. The molecule has 9 nitrogen and oxygen atoms in total. The molecule has 1 unspecified atom stereocenters. The second-order valence-corrected chi connectivity index (χ2v) is 7.25. The first-order valence-corrected chi connectivity index (χ1v) is 9.84. The molecule has 3 N–H and O–H groups in total. The van der Waals surface area contributed by atoms with Crippen molar-refractivity contribution in [2.75, 3.05) is 35.5 Å². The average molecular weight is 426 g/mol. The molecule has 0 aliphatic rings. The Balaban J connectivity index is 2.37. The molecule has 0 saturated carbocycles. The summed E-state index contributed by atoms with van der Waals surface area (Å²) in [5.41, 5.74) is 1.57. The van der Waals surface area contributed by atoms with E-state index in [2.05, 4.69) is 10.5 Å². The van der Waals surface area contributed by atoms with Crippen LogP contribution in [0.15, 0.2) is 30.3 Å². The molecule has 0 bridgehead atoms. The minimum atomic E-state index is -3.83. The third kappa shape index (κ3) is 5.50. The van der Waals surface area contributed by atoms with Crippen LogP contribution in [0.1, 0.15) is 11.1 Å². The smallest absolute Gasteiger partial charge is 0.493 e. The summed E-state index contributed by atoms with van der Waals surface area (Å²) in [5, 5.41) is 0. The Bertz CT molecular complexity index is 829. The summed E-state index contributed by atoms with van der Waals surface area (Å²) in [6.07, 6.45) is 3.68. The Hall–Kier alpha value is -2.55. The van der Waals surface area contributed by atoms with Crippen LogP contribution in [0, 0.1) is 0 Å². The first-order chi connectivity index (χ1) is 13.9. The van der Waals surface area contributed by atoms with Gasteiger partial charge in [-0.15, -0.1) is 4.52 Å². The zero-order chi connectivity index (χ0) is 21.4. The van der Waals surface area contributed by atoms with Gasteiger partial charge in [0.2, 0.25) is 11.5 Å². The molecule has 0 spiro atoms. The Morgan fingerprint density at radius 1 is 0.759 bits per heavy atom. The van der Waals surface area contributed by atoms with Crippen molar-refractivity contribution in [1.29, 1.82) is 0 Å². The lowest BCUT2D eigenvalue weighted by Crippen LogP contribution is -2.49. The molecule has 10 heteroatoms. The quantitative estimate of drug-likeness (QED) is 0.353. The first-order valence-electron chi connectivity index (χ1n) is 8.38. The summed E-state index contributed by atoms with van der Waals surface area (Å²) < 4.78 is 36.0. The molecule has 2 aromatic rings. The SMILES string of the molecule is COc1ccc(/C=C\c2cc(OC)c(OC)c(OC)c2)cc1O[P+]([O])(OC)O[NH3+].